The van der Waals surface area contributed by atoms with Crippen molar-refractivity contribution < 1.29 is 9.59 Å². The molecule has 1 heterocycles. The molecule has 0 aromatic heterocycles. The number of carbonyl (C=O) groups excluding carboxylic acids is 2. The Balaban J connectivity index is 1.88. The predicted octanol–water partition coefficient (Wildman–Crippen LogP) is 2.27. The molecule has 1 aliphatic rings. The van der Waals surface area contributed by atoms with E-state index in [1.165, 1.54) is 0 Å². The van der Waals surface area contributed by atoms with Gasteiger partial charge in [0.2, 0.25) is 11.8 Å². The van der Waals surface area contributed by atoms with E-state index in [2.05, 4.69) is 17.6 Å². The zero-order valence-corrected chi connectivity index (χ0v) is 12.4. The van der Waals surface area contributed by atoms with E-state index >= 15 is 0 Å². The number of benzene rings is 1. The van der Waals surface area contributed by atoms with Gasteiger partial charge < -0.3 is 16.4 Å². The number of hydrogen-bond acceptors (Lipinski definition) is 3. The molecule has 1 aromatic carbocycles. The van der Waals surface area contributed by atoms with Crippen molar-refractivity contribution in [2.45, 2.75) is 39.0 Å². The van der Waals surface area contributed by atoms with E-state index in [9.17, 15) is 9.59 Å². The Morgan fingerprint density at radius 2 is 2.19 bits per heavy atom. The molecule has 2 amide bonds. The van der Waals surface area contributed by atoms with Crippen LogP contribution in [0.2, 0.25) is 0 Å². The SMILES string of the molecule is CC(CCN)CCC(=O)Nc1ccc2c(c1)CCC(=O)N2. The Hall–Kier alpha value is -1.88. The summed E-state index contributed by atoms with van der Waals surface area (Å²) in [6, 6.07) is 5.61. The summed E-state index contributed by atoms with van der Waals surface area (Å²) in [7, 11) is 0. The molecule has 5 nitrogen and oxygen atoms in total. The average Bonchev–Trinajstić information content (AvgIpc) is 2.46. The molecular formula is C16H23N3O2. The van der Waals surface area contributed by atoms with Gasteiger partial charge in [-0.15, -0.1) is 0 Å². The Morgan fingerprint density at radius 1 is 1.38 bits per heavy atom. The zero-order valence-electron chi connectivity index (χ0n) is 12.4. The Kier molecular flexibility index (Phi) is 5.33. The number of nitrogens with one attached hydrogen (secondary N) is 2. The number of amides is 2. The van der Waals surface area contributed by atoms with E-state index in [4.69, 9.17) is 5.73 Å². The Morgan fingerprint density at radius 3 is 2.95 bits per heavy atom. The van der Waals surface area contributed by atoms with Gasteiger partial charge >= 0.3 is 0 Å². The fraction of sp³-hybridized carbons (Fsp3) is 0.500. The maximum atomic E-state index is 11.9. The lowest BCUT2D eigenvalue weighted by Gasteiger charge is -2.18. The standard InChI is InChI=1S/C16H23N3O2/c1-11(8-9-17)2-6-15(20)18-13-4-5-14-12(10-13)3-7-16(21)19-14/h4-5,10-11H,2-3,6-9,17H2,1H3,(H,18,20)(H,19,21). The number of fused-ring (bicyclic) bond motifs is 1. The van der Waals surface area contributed by atoms with Crippen molar-refractivity contribution in [1.82, 2.24) is 0 Å². The largest absolute Gasteiger partial charge is 0.330 e. The quantitative estimate of drug-likeness (QED) is 0.751. The Labute approximate surface area is 125 Å². The number of anilines is 2. The van der Waals surface area contributed by atoms with Gasteiger partial charge in [0, 0.05) is 24.2 Å². The second-order valence-electron chi connectivity index (χ2n) is 5.69. The zero-order chi connectivity index (χ0) is 15.2. The highest BCUT2D eigenvalue weighted by molar-refractivity contribution is 5.95. The van der Waals surface area contributed by atoms with Gasteiger partial charge in [0.1, 0.15) is 0 Å². The van der Waals surface area contributed by atoms with Crippen LogP contribution in [0.25, 0.3) is 0 Å². The minimum Gasteiger partial charge on any atom is -0.330 e. The molecule has 0 bridgehead atoms. The second kappa shape index (κ2) is 7.22. The number of nitrogens with two attached hydrogens (primary N) is 1. The normalized spacial score (nSPS) is 15.0. The lowest BCUT2D eigenvalue weighted by atomic mass is 10.0. The first kappa shape index (κ1) is 15.5. The predicted molar refractivity (Wildman–Crippen MR) is 84.1 cm³/mol. The van der Waals surface area contributed by atoms with Crippen molar-refractivity contribution in [3.05, 3.63) is 23.8 Å². The van der Waals surface area contributed by atoms with Crippen molar-refractivity contribution in [2.24, 2.45) is 11.7 Å². The van der Waals surface area contributed by atoms with E-state index in [0.29, 0.717) is 25.3 Å². The molecule has 1 aromatic rings. The molecule has 2 rings (SSSR count). The smallest absolute Gasteiger partial charge is 0.224 e. The van der Waals surface area contributed by atoms with Gasteiger partial charge in [-0.3, -0.25) is 9.59 Å². The molecule has 0 radical (unpaired) electrons. The number of hydrogen-bond donors (Lipinski definition) is 3. The fourth-order valence-corrected chi connectivity index (χ4v) is 2.49. The van der Waals surface area contributed by atoms with Crippen molar-refractivity contribution in [3.63, 3.8) is 0 Å². The third-order valence-corrected chi connectivity index (χ3v) is 3.81. The summed E-state index contributed by atoms with van der Waals surface area (Å²) in [4.78, 5) is 23.2. The number of aryl methyl sites for hydroxylation is 1. The minimum atomic E-state index is 0.0265. The van der Waals surface area contributed by atoms with Crippen molar-refractivity contribution >= 4 is 23.2 Å². The van der Waals surface area contributed by atoms with E-state index in [0.717, 1.165) is 36.2 Å². The fourth-order valence-electron chi connectivity index (χ4n) is 2.49. The van der Waals surface area contributed by atoms with E-state index in [1.54, 1.807) is 0 Å². The maximum Gasteiger partial charge on any atom is 0.224 e. The molecule has 21 heavy (non-hydrogen) atoms. The first-order valence-corrected chi connectivity index (χ1v) is 7.51. The van der Waals surface area contributed by atoms with Gasteiger partial charge in [-0.2, -0.15) is 0 Å². The summed E-state index contributed by atoms with van der Waals surface area (Å²) in [6.07, 6.45) is 3.53. The molecule has 5 heteroatoms. The first-order chi connectivity index (χ1) is 10.1. The Bertz CT molecular complexity index is 528. The van der Waals surface area contributed by atoms with Crippen LogP contribution in [-0.4, -0.2) is 18.4 Å². The van der Waals surface area contributed by atoms with Crippen LogP contribution in [0.4, 0.5) is 11.4 Å². The van der Waals surface area contributed by atoms with E-state index < -0.39 is 0 Å². The van der Waals surface area contributed by atoms with Crippen molar-refractivity contribution in [3.8, 4) is 0 Å². The van der Waals surface area contributed by atoms with Crippen LogP contribution >= 0.6 is 0 Å². The average molecular weight is 289 g/mol. The van der Waals surface area contributed by atoms with Gasteiger partial charge in [-0.05, 0) is 55.5 Å². The third-order valence-electron chi connectivity index (χ3n) is 3.81. The van der Waals surface area contributed by atoms with Crippen LogP contribution in [-0.2, 0) is 16.0 Å². The van der Waals surface area contributed by atoms with Crippen LogP contribution < -0.4 is 16.4 Å². The van der Waals surface area contributed by atoms with E-state index in [-0.39, 0.29) is 11.8 Å². The van der Waals surface area contributed by atoms with Gasteiger partial charge in [-0.1, -0.05) is 6.92 Å². The summed E-state index contributed by atoms with van der Waals surface area (Å²) in [6.45, 7) is 2.78. The van der Waals surface area contributed by atoms with Crippen LogP contribution in [0.1, 0.15) is 38.2 Å². The highest BCUT2D eigenvalue weighted by atomic mass is 16.2. The van der Waals surface area contributed by atoms with Crippen molar-refractivity contribution in [1.29, 1.82) is 0 Å². The lowest BCUT2D eigenvalue weighted by Crippen LogP contribution is -2.19. The van der Waals surface area contributed by atoms with Crippen LogP contribution in [0.5, 0.6) is 0 Å². The molecule has 114 valence electrons. The van der Waals surface area contributed by atoms with Crippen LogP contribution in [0.15, 0.2) is 18.2 Å². The molecule has 0 fully saturated rings. The minimum absolute atomic E-state index is 0.0265. The monoisotopic (exact) mass is 289 g/mol. The second-order valence-corrected chi connectivity index (χ2v) is 5.69. The summed E-state index contributed by atoms with van der Waals surface area (Å²) in [5.41, 5.74) is 8.22. The van der Waals surface area contributed by atoms with Gasteiger partial charge in [-0.25, -0.2) is 0 Å². The first-order valence-electron chi connectivity index (χ1n) is 7.51. The summed E-state index contributed by atoms with van der Waals surface area (Å²) in [5, 5.41) is 5.75. The molecule has 1 atom stereocenters. The van der Waals surface area contributed by atoms with E-state index in [1.807, 2.05) is 18.2 Å². The topological polar surface area (TPSA) is 84.2 Å². The molecule has 0 saturated carbocycles. The molecule has 0 aliphatic carbocycles. The molecule has 1 unspecified atom stereocenters. The molecular weight excluding hydrogens is 266 g/mol. The molecule has 1 aliphatic heterocycles. The third kappa shape index (κ3) is 4.56. The summed E-state index contributed by atoms with van der Waals surface area (Å²) >= 11 is 0. The van der Waals surface area contributed by atoms with Crippen LogP contribution in [0, 0.1) is 5.92 Å². The highest BCUT2D eigenvalue weighted by Crippen LogP contribution is 2.25. The summed E-state index contributed by atoms with van der Waals surface area (Å²) < 4.78 is 0. The van der Waals surface area contributed by atoms with Crippen molar-refractivity contribution in [2.75, 3.05) is 17.2 Å². The number of rotatable bonds is 6. The van der Waals surface area contributed by atoms with Gasteiger partial charge in [0.05, 0.1) is 0 Å². The molecule has 0 saturated heterocycles. The maximum absolute atomic E-state index is 11.9. The number of carbonyl (C=O) groups is 2. The summed E-state index contributed by atoms with van der Waals surface area (Å²) in [5.74, 6) is 0.548. The van der Waals surface area contributed by atoms with Crippen LogP contribution in [0.3, 0.4) is 0 Å². The molecule has 4 N–H and O–H groups in total. The lowest BCUT2D eigenvalue weighted by molar-refractivity contribution is -0.117. The highest BCUT2D eigenvalue weighted by Gasteiger charge is 2.15. The van der Waals surface area contributed by atoms with Gasteiger partial charge in [0.25, 0.3) is 0 Å². The van der Waals surface area contributed by atoms with Gasteiger partial charge in [0.15, 0.2) is 0 Å². The molecule has 0 spiro atoms.